The van der Waals surface area contributed by atoms with Crippen LogP contribution in [-0.4, -0.2) is 50.1 Å². The minimum Gasteiger partial charge on any atom is -0.354 e. The molecule has 21 heavy (non-hydrogen) atoms. The second-order valence-electron chi connectivity index (χ2n) is 5.77. The van der Waals surface area contributed by atoms with Gasteiger partial charge in [0.2, 0.25) is 5.91 Å². The Labute approximate surface area is 126 Å². The summed E-state index contributed by atoms with van der Waals surface area (Å²) in [5, 5.41) is 6.29. The van der Waals surface area contributed by atoms with Crippen molar-refractivity contribution in [3.63, 3.8) is 0 Å². The van der Waals surface area contributed by atoms with Crippen LogP contribution in [-0.2, 0) is 10.3 Å². The van der Waals surface area contributed by atoms with Gasteiger partial charge in [0.05, 0.1) is 0 Å². The van der Waals surface area contributed by atoms with E-state index in [0.29, 0.717) is 6.54 Å². The fraction of sp³-hybridized carbons (Fsp3) is 0.562. The second kappa shape index (κ2) is 7.54. The van der Waals surface area contributed by atoms with Crippen molar-refractivity contribution < 1.29 is 4.79 Å². The summed E-state index contributed by atoms with van der Waals surface area (Å²) in [4.78, 5) is 14.7. The maximum Gasteiger partial charge on any atom is 0.244 e. The molecule has 116 valence electrons. The van der Waals surface area contributed by atoms with E-state index in [4.69, 9.17) is 5.73 Å². The third kappa shape index (κ3) is 4.52. The molecule has 1 aromatic carbocycles. The van der Waals surface area contributed by atoms with Crippen LogP contribution in [0.1, 0.15) is 18.9 Å². The molecule has 1 amide bonds. The molecule has 1 fully saturated rings. The van der Waals surface area contributed by atoms with Crippen molar-refractivity contribution >= 4 is 5.91 Å². The first-order valence-corrected chi connectivity index (χ1v) is 7.66. The van der Waals surface area contributed by atoms with Crippen molar-refractivity contribution in [3.8, 4) is 0 Å². The van der Waals surface area contributed by atoms with E-state index < -0.39 is 5.54 Å². The maximum atomic E-state index is 12.3. The molecular weight excluding hydrogens is 264 g/mol. The molecule has 0 spiro atoms. The highest BCUT2D eigenvalue weighted by molar-refractivity contribution is 5.86. The van der Waals surface area contributed by atoms with Crippen LogP contribution in [0.3, 0.4) is 0 Å². The Morgan fingerprint density at radius 2 is 2.00 bits per heavy atom. The standard InChI is InChI=1S/C16H26N4O/c1-16(17,14-6-3-2-4-7-14)15(21)19-8-5-11-20-12-9-18-10-13-20/h2-4,6-7,18H,5,8-13,17H2,1H3,(H,19,21). The van der Waals surface area contributed by atoms with Crippen molar-refractivity contribution in [1.29, 1.82) is 0 Å². The molecule has 1 aliphatic rings. The van der Waals surface area contributed by atoms with Gasteiger partial charge in [-0.2, -0.15) is 0 Å². The number of carbonyl (C=O) groups is 1. The first-order chi connectivity index (χ1) is 10.1. The molecule has 2 rings (SSSR count). The highest BCUT2D eigenvalue weighted by atomic mass is 16.2. The van der Waals surface area contributed by atoms with E-state index in [1.54, 1.807) is 6.92 Å². The third-order valence-corrected chi connectivity index (χ3v) is 3.99. The fourth-order valence-corrected chi connectivity index (χ4v) is 2.54. The van der Waals surface area contributed by atoms with E-state index in [-0.39, 0.29) is 5.91 Å². The van der Waals surface area contributed by atoms with Crippen LogP contribution in [0.25, 0.3) is 0 Å². The van der Waals surface area contributed by atoms with E-state index >= 15 is 0 Å². The van der Waals surface area contributed by atoms with E-state index in [1.165, 1.54) is 0 Å². The lowest BCUT2D eigenvalue weighted by molar-refractivity contribution is -0.126. The SMILES string of the molecule is CC(N)(C(=O)NCCCN1CCNCC1)c1ccccc1. The summed E-state index contributed by atoms with van der Waals surface area (Å²) >= 11 is 0. The highest BCUT2D eigenvalue weighted by Gasteiger charge is 2.29. The maximum absolute atomic E-state index is 12.3. The molecule has 0 bridgehead atoms. The summed E-state index contributed by atoms with van der Waals surface area (Å²) in [5.41, 5.74) is 6.04. The number of hydrogen-bond donors (Lipinski definition) is 3. The molecule has 1 aliphatic heterocycles. The number of nitrogens with zero attached hydrogens (tertiary/aromatic N) is 1. The number of rotatable bonds is 6. The molecule has 0 saturated carbocycles. The molecular formula is C16H26N4O. The van der Waals surface area contributed by atoms with Crippen molar-refractivity contribution in [3.05, 3.63) is 35.9 Å². The molecule has 4 N–H and O–H groups in total. The van der Waals surface area contributed by atoms with E-state index in [1.807, 2.05) is 30.3 Å². The zero-order valence-electron chi connectivity index (χ0n) is 12.8. The number of carbonyl (C=O) groups excluding carboxylic acids is 1. The Balaban J connectivity index is 1.73. The van der Waals surface area contributed by atoms with Gasteiger partial charge in [0.15, 0.2) is 0 Å². The number of benzene rings is 1. The molecule has 0 aliphatic carbocycles. The number of nitrogens with two attached hydrogens (primary N) is 1. The summed E-state index contributed by atoms with van der Waals surface area (Å²) in [6.07, 6.45) is 0.955. The van der Waals surface area contributed by atoms with Crippen LogP contribution in [0.5, 0.6) is 0 Å². The van der Waals surface area contributed by atoms with Crippen LogP contribution in [0.15, 0.2) is 30.3 Å². The van der Waals surface area contributed by atoms with Crippen molar-refractivity contribution in [2.24, 2.45) is 5.73 Å². The zero-order valence-corrected chi connectivity index (χ0v) is 12.8. The van der Waals surface area contributed by atoms with Gasteiger partial charge in [-0.1, -0.05) is 30.3 Å². The molecule has 0 radical (unpaired) electrons. The summed E-state index contributed by atoms with van der Waals surface area (Å²) in [6.45, 7) is 7.74. The smallest absolute Gasteiger partial charge is 0.244 e. The van der Waals surface area contributed by atoms with Gasteiger partial charge >= 0.3 is 0 Å². The van der Waals surface area contributed by atoms with Gasteiger partial charge in [0, 0.05) is 32.7 Å². The molecule has 0 aromatic heterocycles. The Bertz CT molecular complexity index is 441. The van der Waals surface area contributed by atoms with Gasteiger partial charge in [-0.25, -0.2) is 0 Å². The molecule has 1 saturated heterocycles. The van der Waals surface area contributed by atoms with Crippen LogP contribution >= 0.6 is 0 Å². The van der Waals surface area contributed by atoms with Gasteiger partial charge in [0.1, 0.15) is 5.54 Å². The topological polar surface area (TPSA) is 70.4 Å². The van der Waals surface area contributed by atoms with E-state index in [9.17, 15) is 4.79 Å². The predicted octanol–water partition coefficient (Wildman–Crippen LogP) is 0.272. The number of nitrogens with one attached hydrogen (secondary N) is 2. The largest absolute Gasteiger partial charge is 0.354 e. The fourth-order valence-electron chi connectivity index (χ4n) is 2.54. The molecule has 1 heterocycles. The normalized spacial score (nSPS) is 19.0. The Hall–Kier alpha value is -1.43. The summed E-state index contributed by atoms with van der Waals surface area (Å²) in [6, 6.07) is 9.50. The van der Waals surface area contributed by atoms with Crippen molar-refractivity contribution in [2.45, 2.75) is 18.9 Å². The van der Waals surface area contributed by atoms with Gasteiger partial charge in [-0.3, -0.25) is 4.79 Å². The average molecular weight is 290 g/mol. The van der Waals surface area contributed by atoms with Crippen LogP contribution in [0.2, 0.25) is 0 Å². The van der Waals surface area contributed by atoms with E-state index in [0.717, 1.165) is 44.7 Å². The lowest BCUT2D eigenvalue weighted by Gasteiger charge is -2.27. The summed E-state index contributed by atoms with van der Waals surface area (Å²) in [7, 11) is 0. The van der Waals surface area contributed by atoms with Crippen molar-refractivity contribution in [2.75, 3.05) is 39.3 Å². The van der Waals surface area contributed by atoms with Crippen LogP contribution < -0.4 is 16.4 Å². The van der Waals surface area contributed by atoms with Crippen molar-refractivity contribution in [1.82, 2.24) is 15.5 Å². The van der Waals surface area contributed by atoms with E-state index in [2.05, 4.69) is 15.5 Å². The molecule has 5 nitrogen and oxygen atoms in total. The van der Waals surface area contributed by atoms with Crippen LogP contribution in [0, 0.1) is 0 Å². The highest BCUT2D eigenvalue weighted by Crippen LogP contribution is 2.17. The molecule has 1 unspecified atom stereocenters. The quantitative estimate of drug-likeness (QED) is 0.658. The lowest BCUT2D eigenvalue weighted by Crippen LogP contribution is -2.49. The lowest BCUT2D eigenvalue weighted by atomic mass is 9.92. The molecule has 1 aromatic rings. The van der Waals surface area contributed by atoms with Gasteiger partial charge in [0.25, 0.3) is 0 Å². The molecule has 1 atom stereocenters. The number of piperazine rings is 1. The van der Waals surface area contributed by atoms with Gasteiger partial charge in [-0.15, -0.1) is 0 Å². The number of hydrogen-bond acceptors (Lipinski definition) is 4. The second-order valence-corrected chi connectivity index (χ2v) is 5.77. The Kier molecular flexibility index (Phi) is 5.73. The van der Waals surface area contributed by atoms with Gasteiger partial charge in [-0.05, 0) is 25.5 Å². The first kappa shape index (κ1) is 15.9. The summed E-state index contributed by atoms with van der Waals surface area (Å²) < 4.78 is 0. The number of amides is 1. The summed E-state index contributed by atoms with van der Waals surface area (Å²) in [5.74, 6) is -0.117. The minimum atomic E-state index is -0.976. The molecule has 5 heteroatoms. The first-order valence-electron chi connectivity index (χ1n) is 7.66. The van der Waals surface area contributed by atoms with Crippen LogP contribution in [0.4, 0.5) is 0 Å². The van der Waals surface area contributed by atoms with Gasteiger partial charge < -0.3 is 21.3 Å². The Morgan fingerprint density at radius 3 is 2.67 bits per heavy atom. The minimum absolute atomic E-state index is 0.117. The monoisotopic (exact) mass is 290 g/mol. The zero-order chi connectivity index (χ0) is 15.1. The Morgan fingerprint density at radius 1 is 1.33 bits per heavy atom. The average Bonchev–Trinajstić information content (AvgIpc) is 2.53. The third-order valence-electron chi connectivity index (χ3n) is 3.99. The predicted molar refractivity (Wildman–Crippen MR) is 84.9 cm³/mol.